The van der Waals surface area contributed by atoms with E-state index in [2.05, 4.69) is 22.5 Å². The molecule has 0 radical (unpaired) electrons. The van der Waals surface area contributed by atoms with Crippen LogP contribution in [0, 0.1) is 17.8 Å². The van der Waals surface area contributed by atoms with Crippen molar-refractivity contribution in [1.29, 1.82) is 0 Å². The van der Waals surface area contributed by atoms with E-state index in [9.17, 15) is 14.4 Å². The Morgan fingerprint density at radius 1 is 0.957 bits per heavy atom. The van der Waals surface area contributed by atoms with Gasteiger partial charge < -0.3 is 51.7 Å². The van der Waals surface area contributed by atoms with Crippen LogP contribution < -0.4 is 37.3 Å². The van der Waals surface area contributed by atoms with Gasteiger partial charge in [0, 0.05) is 38.2 Å². The van der Waals surface area contributed by atoms with Gasteiger partial charge in [-0.05, 0) is 57.4 Å². The topological polar surface area (TPSA) is 193 Å². The number of anilines is 4. The van der Waals surface area contributed by atoms with Gasteiger partial charge in [-0.15, -0.1) is 0 Å². The highest BCUT2D eigenvalue weighted by Crippen LogP contribution is 2.34. The lowest BCUT2D eigenvalue weighted by molar-refractivity contribution is 0.0288. The van der Waals surface area contributed by atoms with E-state index in [0.717, 1.165) is 6.42 Å². The van der Waals surface area contributed by atoms with E-state index < -0.39 is 17.5 Å². The number of hydrogen-bond donors (Lipinski definition) is 5. The van der Waals surface area contributed by atoms with Gasteiger partial charge in [-0.2, -0.15) is 0 Å². The maximum atomic E-state index is 12.3. The number of nitrogens with two attached hydrogens (primary N) is 3. The highest BCUT2D eigenvalue weighted by molar-refractivity contribution is 5.96. The number of primary amides is 1. The number of likely N-dealkylation sites (tertiary alicyclic amines) is 1. The van der Waals surface area contributed by atoms with Crippen LogP contribution in [0.15, 0.2) is 36.4 Å². The molecule has 2 aromatic rings. The molecule has 46 heavy (non-hydrogen) atoms. The third-order valence-corrected chi connectivity index (χ3v) is 6.90. The second kappa shape index (κ2) is 16.2. The molecule has 1 aliphatic heterocycles. The third-order valence-electron chi connectivity index (χ3n) is 6.90. The van der Waals surface area contributed by atoms with Gasteiger partial charge in [0.1, 0.15) is 35.1 Å². The van der Waals surface area contributed by atoms with E-state index in [0.29, 0.717) is 66.8 Å². The molecule has 3 rings (SSSR count). The fourth-order valence-electron chi connectivity index (χ4n) is 4.67. The Kier molecular flexibility index (Phi) is 12.4. The summed E-state index contributed by atoms with van der Waals surface area (Å²) >= 11 is 0. The zero-order valence-corrected chi connectivity index (χ0v) is 27.0. The number of methoxy groups -OCH3 is 2. The zero-order valence-electron chi connectivity index (χ0n) is 27.0. The van der Waals surface area contributed by atoms with Gasteiger partial charge in [0.15, 0.2) is 0 Å². The van der Waals surface area contributed by atoms with Crippen LogP contribution in [0.2, 0.25) is 0 Å². The number of ether oxygens (including phenoxy) is 4. The second-order valence-corrected chi connectivity index (χ2v) is 11.6. The third kappa shape index (κ3) is 10.2. The number of rotatable bonds is 12. The normalized spacial score (nSPS) is 14.3. The molecule has 8 N–H and O–H groups in total. The number of nitrogens with zero attached hydrogens (tertiary/aromatic N) is 1. The number of benzene rings is 2. The van der Waals surface area contributed by atoms with Gasteiger partial charge in [-0.3, -0.25) is 4.79 Å². The van der Waals surface area contributed by atoms with Crippen molar-refractivity contribution in [2.45, 2.75) is 39.2 Å². The number of carbonyl (C=O) groups excluding carboxylic acids is 3. The standard InChI is InChI=1S/C33H44N6O7/c1-33(2,3)46-32(42)39-14-11-21(20-39)10-6-9-15-45-27-18-22(30(36)40)16-24(34)29(27)38-13-8-7-12-37-28-25(35)17-23(31(41)44-5)19-26(28)43-4/h7-8,16-19,21,37-38H,10-15,20,34-35H2,1-5H3,(H2,36,40)/b8-7+. The Morgan fingerprint density at radius 2 is 1.57 bits per heavy atom. The van der Waals surface area contributed by atoms with Crippen molar-refractivity contribution in [2.24, 2.45) is 11.7 Å². The smallest absolute Gasteiger partial charge is 0.410 e. The lowest BCUT2D eigenvalue weighted by Gasteiger charge is -2.24. The lowest BCUT2D eigenvalue weighted by Crippen LogP contribution is -2.35. The van der Waals surface area contributed by atoms with Crippen LogP contribution in [0.3, 0.4) is 0 Å². The van der Waals surface area contributed by atoms with Crippen LogP contribution in [0.5, 0.6) is 11.5 Å². The van der Waals surface area contributed by atoms with Crippen molar-refractivity contribution in [3.8, 4) is 23.3 Å². The summed E-state index contributed by atoms with van der Waals surface area (Å²) in [7, 11) is 2.78. The first-order chi connectivity index (χ1) is 21.8. The highest BCUT2D eigenvalue weighted by Gasteiger charge is 2.29. The van der Waals surface area contributed by atoms with E-state index in [4.69, 9.17) is 36.1 Å². The number of amides is 2. The van der Waals surface area contributed by atoms with Crippen LogP contribution in [0.1, 0.15) is 54.3 Å². The SMILES string of the molecule is COC(=O)c1cc(N)c(NC/C=C/CNc2c(N)cc(C(N)=O)cc2OCC#CCC2CCN(C(=O)OC(C)(C)C)C2)c(OC)c1. The molecule has 0 bridgehead atoms. The van der Waals surface area contributed by atoms with Crippen molar-refractivity contribution >= 4 is 40.7 Å². The molecule has 2 amide bonds. The Morgan fingerprint density at radius 3 is 2.15 bits per heavy atom. The molecule has 1 atom stereocenters. The Bertz CT molecular complexity index is 1510. The van der Waals surface area contributed by atoms with Crippen LogP contribution in [-0.4, -0.2) is 75.5 Å². The first kappa shape index (κ1) is 35.2. The zero-order chi connectivity index (χ0) is 33.9. The summed E-state index contributed by atoms with van der Waals surface area (Å²) < 4.78 is 21.5. The Balaban J connectivity index is 1.55. The quantitative estimate of drug-likeness (QED) is 0.0983. The summed E-state index contributed by atoms with van der Waals surface area (Å²) in [5.41, 5.74) is 19.5. The molecule has 248 valence electrons. The molecule has 1 fully saturated rings. The van der Waals surface area contributed by atoms with Gasteiger partial charge in [0.05, 0.1) is 31.2 Å². The summed E-state index contributed by atoms with van der Waals surface area (Å²) in [6, 6.07) is 6.07. The number of nitrogens with one attached hydrogen (secondary N) is 2. The van der Waals surface area contributed by atoms with Gasteiger partial charge in [-0.1, -0.05) is 24.0 Å². The van der Waals surface area contributed by atoms with Gasteiger partial charge >= 0.3 is 12.1 Å². The van der Waals surface area contributed by atoms with Crippen molar-refractivity contribution in [3.05, 3.63) is 47.5 Å². The van der Waals surface area contributed by atoms with Crippen molar-refractivity contribution in [1.82, 2.24) is 4.90 Å². The molecule has 1 saturated heterocycles. The molecule has 0 spiro atoms. The fraction of sp³-hybridized carbons (Fsp3) is 0.424. The molecule has 0 aromatic heterocycles. The first-order valence-electron chi connectivity index (χ1n) is 14.8. The van der Waals surface area contributed by atoms with Crippen LogP contribution in [0.25, 0.3) is 0 Å². The molecule has 2 aromatic carbocycles. The van der Waals surface area contributed by atoms with E-state index in [1.54, 1.807) is 11.0 Å². The summed E-state index contributed by atoms with van der Waals surface area (Å²) in [6.07, 6.45) is 4.90. The monoisotopic (exact) mass is 636 g/mol. The van der Waals surface area contributed by atoms with Crippen LogP contribution >= 0.6 is 0 Å². The maximum Gasteiger partial charge on any atom is 0.410 e. The predicted molar refractivity (Wildman–Crippen MR) is 178 cm³/mol. The van der Waals surface area contributed by atoms with Crippen molar-refractivity contribution in [2.75, 3.05) is 69.1 Å². The fourth-order valence-corrected chi connectivity index (χ4v) is 4.67. The van der Waals surface area contributed by atoms with Gasteiger partial charge in [0.2, 0.25) is 5.91 Å². The average Bonchev–Trinajstić information content (AvgIpc) is 3.47. The van der Waals surface area contributed by atoms with Crippen LogP contribution in [-0.2, 0) is 9.47 Å². The number of nitrogen functional groups attached to an aromatic ring is 2. The summed E-state index contributed by atoms with van der Waals surface area (Å²) in [4.78, 5) is 37.7. The highest BCUT2D eigenvalue weighted by atomic mass is 16.6. The molecule has 0 saturated carbocycles. The number of esters is 1. The van der Waals surface area contributed by atoms with E-state index >= 15 is 0 Å². The van der Waals surface area contributed by atoms with Crippen LogP contribution in [0.4, 0.5) is 27.5 Å². The molecule has 1 heterocycles. The summed E-state index contributed by atoms with van der Waals surface area (Å²) in [5.74, 6) is 5.98. The molecule has 13 heteroatoms. The lowest BCUT2D eigenvalue weighted by atomic mass is 10.1. The van der Waals surface area contributed by atoms with E-state index in [1.165, 1.54) is 32.4 Å². The van der Waals surface area contributed by atoms with Crippen molar-refractivity contribution in [3.63, 3.8) is 0 Å². The molecular formula is C33H44N6O7. The Hall–Kier alpha value is -5.25. The number of hydrogen-bond acceptors (Lipinski definition) is 11. The molecule has 1 unspecified atom stereocenters. The predicted octanol–water partition coefficient (Wildman–Crippen LogP) is 3.85. The second-order valence-electron chi connectivity index (χ2n) is 11.6. The molecule has 1 aliphatic rings. The molecule has 13 nitrogen and oxygen atoms in total. The minimum Gasteiger partial charge on any atom is -0.494 e. The first-order valence-corrected chi connectivity index (χ1v) is 14.8. The van der Waals surface area contributed by atoms with Gasteiger partial charge in [-0.25, -0.2) is 9.59 Å². The number of carbonyl (C=O) groups is 3. The minimum atomic E-state index is -0.634. The van der Waals surface area contributed by atoms with Gasteiger partial charge in [0.25, 0.3) is 0 Å². The van der Waals surface area contributed by atoms with Crippen molar-refractivity contribution < 1.29 is 33.3 Å². The summed E-state index contributed by atoms with van der Waals surface area (Å²) in [6.45, 7) is 7.64. The molecule has 0 aliphatic carbocycles. The minimum absolute atomic E-state index is 0.0661. The van der Waals surface area contributed by atoms with E-state index in [-0.39, 0.29) is 29.7 Å². The molecular weight excluding hydrogens is 592 g/mol. The average molecular weight is 637 g/mol. The van der Waals surface area contributed by atoms with E-state index in [1.807, 2.05) is 32.9 Å². The maximum absolute atomic E-state index is 12.3. The summed E-state index contributed by atoms with van der Waals surface area (Å²) in [5, 5.41) is 6.39. The largest absolute Gasteiger partial charge is 0.494 e. The Labute approximate surface area is 269 Å².